The molecule has 1 aromatic rings. The van der Waals surface area contributed by atoms with Gasteiger partial charge in [-0.05, 0) is 37.3 Å². The molecule has 3 nitrogen and oxygen atoms in total. The van der Waals surface area contributed by atoms with Gasteiger partial charge in [-0.25, -0.2) is 0 Å². The third kappa shape index (κ3) is 9.93. The molecular formula is C14H25ClN2OS. The summed E-state index contributed by atoms with van der Waals surface area (Å²) in [6.45, 7) is 4.62. The molecule has 0 radical (unpaired) electrons. The van der Waals surface area contributed by atoms with Crippen LogP contribution in [0, 0.1) is 0 Å². The number of rotatable bonds is 10. The van der Waals surface area contributed by atoms with E-state index in [0.29, 0.717) is 6.42 Å². The third-order valence-electron chi connectivity index (χ3n) is 2.78. The molecule has 0 aromatic carbocycles. The highest BCUT2D eigenvalue weighted by Crippen LogP contribution is 2.13. The second-order valence-electron chi connectivity index (χ2n) is 4.34. The number of unbranched alkanes of at least 4 members (excludes halogenated alkanes) is 2. The average Bonchev–Trinajstić information content (AvgIpc) is 2.87. The van der Waals surface area contributed by atoms with Gasteiger partial charge in [0.05, 0.1) is 0 Å². The predicted octanol–water partition coefficient (Wildman–Crippen LogP) is 3.00. The number of thiophene rings is 1. The van der Waals surface area contributed by atoms with E-state index >= 15 is 0 Å². The van der Waals surface area contributed by atoms with E-state index in [-0.39, 0.29) is 18.3 Å². The summed E-state index contributed by atoms with van der Waals surface area (Å²) in [4.78, 5) is 12.9. The fourth-order valence-corrected chi connectivity index (χ4v) is 2.52. The van der Waals surface area contributed by atoms with Crippen molar-refractivity contribution in [3.05, 3.63) is 22.4 Å². The van der Waals surface area contributed by atoms with Gasteiger partial charge in [0.25, 0.3) is 0 Å². The molecule has 0 saturated carbocycles. The second-order valence-corrected chi connectivity index (χ2v) is 5.38. The van der Waals surface area contributed by atoms with Crippen LogP contribution in [0.25, 0.3) is 0 Å². The molecule has 110 valence electrons. The zero-order chi connectivity index (χ0) is 13.1. The number of aryl methyl sites for hydroxylation is 1. The molecule has 0 aliphatic rings. The fraction of sp³-hybridized carbons (Fsp3) is 0.643. The van der Waals surface area contributed by atoms with Gasteiger partial charge in [0.1, 0.15) is 0 Å². The Balaban J connectivity index is 0.00000324. The zero-order valence-corrected chi connectivity index (χ0v) is 13.2. The molecule has 2 N–H and O–H groups in total. The Labute approximate surface area is 126 Å². The Kier molecular flexibility index (Phi) is 12.1. The Morgan fingerprint density at radius 1 is 1.26 bits per heavy atom. The molecule has 0 spiro atoms. The largest absolute Gasteiger partial charge is 0.355 e. The maximum atomic E-state index is 11.5. The number of hydrogen-bond acceptors (Lipinski definition) is 3. The quantitative estimate of drug-likeness (QED) is 0.653. The van der Waals surface area contributed by atoms with E-state index in [1.54, 1.807) is 0 Å². The molecule has 1 amide bonds. The number of likely N-dealkylation sites (N-methyl/N-ethyl adjacent to an activating group) is 1. The first-order chi connectivity index (χ1) is 8.83. The van der Waals surface area contributed by atoms with Crippen LogP contribution in [-0.2, 0) is 11.2 Å². The van der Waals surface area contributed by atoms with Crippen molar-refractivity contribution in [1.29, 1.82) is 0 Å². The summed E-state index contributed by atoms with van der Waals surface area (Å²) in [5, 5.41) is 8.22. The molecule has 1 rings (SSSR count). The maximum Gasteiger partial charge on any atom is 0.220 e. The highest BCUT2D eigenvalue weighted by atomic mass is 35.5. The number of carbonyl (C=O) groups is 1. The van der Waals surface area contributed by atoms with Gasteiger partial charge < -0.3 is 10.6 Å². The van der Waals surface area contributed by atoms with E-state index < -0.39 is 0 Å². The van der Waals surface area contributed by atoms with Gasteiger partial charge in [0, 0.05) is 24.4 Å². The highest BCUT2D eigenvalue weighted by molar-refractivity contribution is 7.09. The summed E-state index contributed by atoms with van der Waals surface area (Å²) in [6, 6.07) is 4.27. The van der Waals surface area contributed by atoms with Crippen molar-refractivity contribution in [2.75, 3.05) is 19.6 Å². The van der Waals surface area contributed by atoms with Crippen LogP contribution in [0.4, 0.5) is 0 Å². The number of hydrogen-bond donors (Lipinski definition) is 2. The maximum absolute atomic E-state index is 11.5. The molecule has 1 aromatic heterocycles. The van der Waals surface area contributed by atoms with E-state index in [9.17, 15) is 4.79 Å². The van der Waals surface area contributed by atoms with Crippen LogP contribution in [0.15, 0.2) is 17.5 Å². The van der Waals surface area contributed by atoms with Gasteiger partial charge in [-0.15, -0.1) is 23.7 Å². The van der Waals surface area contributed by atoms with Gasteiger partial charge in [0.2, 0.25) is 5.91 Å². The van der Waals surface area contributed by atoms with Gasteiger partial charge in [-0.1, -0.05) is 19.4 Å². The van der Waals surface area contributed by atoms with Crippen LogP contribution < -0.4 is 10.6 Å². The lowest BCUT2D eigenvalue weighted by molar-refractivity contribution is -0.121. The molecule has 0 unspecified atom stereocenters. The monoisotopic (exact) mass is 304 g/mol. The summed E-state index contributed by atoms with van der Waals surface area (Å²) in [6.07, 6.45) is 5.14. The highest BCUT2D eigenvalue weighted by Gasteiger charge is 2.00. The predicted molar refractivity (Wildman–Crippen MR) is 85.3 cm³/mol. The molecule has 0 atom stereocenters. The SMILES string of the molecule is CCNCCNC(=O)CCCCCc1cccs1.Cl. The first-order valence-corrected chi connectivity index (χ1v) is 7.70. The first-order valence-electron chi connectivity index (χ1n) is 6.82. The third-order valence-corrected chi connectivity index (χ3v) is 3.72. The van der Waals surface area contributed by atoms with Crippen molar-refractivity contribution < 1.29 is 4.79 Å². The molecule has 5 heteroatoms. The topological polar surface area (TPSA) is 41.1 Å². The van der Waals surface area contributed by atoms with Gasteiger partial charge >= 0.3 is 0 Å². The van der Waals surface area contributed by atoms with Gasteiger partial charge in [-0.3, -0.25) is 4.79 Å². The molecular weight excluding hydrogens is 280 g/mol. The summed E-state index contributed by atoms with van der Waals surface area (Å²) in [7, 11) is 0. The minimum Gasteiger partial charge on any atom is -0.355 e. The number of halogens is 1. The van der Waals surface area contributed by atoms with Crippen molar-refractivity contribution in [3.63, 3.8) is 0 Å². The second kappa shape index (κ2) is 12.5. The normalized spacial score (nSPS) is 9.95. The minimum absolute atomic E-state index is 0. The zero-order valence-electron chi connectivity index (χ0n) is 11.6. The molecule has 0 saturated heterocycles. The molecule has 0 fully saturated rings. The van der Waals surface area contributed by atoms with Gasteiger partial charge in [0.15, 0.2) is 0 Å². The van der Waals surface area contributed by atoms with Crippen LogP contribution in [0.5, 0.6) is 0 Å². The van der Waals surface area contributed by atoms with Crippen LogP contribution >= 0.6 is 23.7 Å². The molecule has 1 heterocycles. The first kappa shape index (κ1) is 18.4. The van der Waals surface area contributed by atoms with E-state index in [4.69, 9.17) is 0 Å². The Bertz CT molecular complexity index is 317. The lowest BCUT2D eigenvalue weighted by Gasteiger charge is -2.05. The van der Waals surface area contributed by atoms with E-state index in [1.807, 2.05) is 11.3 Å². The van der Waals surface area contributed by atoms with E-state index in [0.717, 1.165) is 38.9 Å². The van der Waals surface area contributed by atoms with Crippen LogP contribution in [0.1, 0.15) is 37.5 Å². The molecule has 0 aliphatic heterocycles. The van der Waals surface area contributed by atoms with Crippen molar-refractivity contribution in [1.82, 2.24) is 10.6 Å². The summed E-state index contributed by atoms with van der Waals surface area (Å²) >= 11 is 1.82. The molecule has 19 heavy (non-hydrogen) atoms. The lowest BCUT2D eigenvalue weighted by Crippen LogP contribution is -2.31. The Morgan fingerprint density at radius 3 is 2.79 bits per heavy atom. The number of amides is 1. The van der Waals surface area contributed by atoms with Crippen molar-refractivity contribution in [2.24, 2.45) is 0 Å². The summed E-state index contributed by atoms with van der Waals surface area (Å²) in [5.41, 5.74) is 0. The van der Waals surface area contributed by atoms with Crippen molar-refractivity contribution >= 4 is 29.7 Å². The van der Waals surface area contributed by atoms with Crippen LogP contribution in [0.3, 0.4) is 0 Å². The van der Waals surface area contributed by atoms with E-state index in [1.165, 1.54) is 11.3 Å². The fourth-order valence-electron chi connectivity index (χ4n) is 1.77. The van der Waals surface area contributed by atoms with Gasteiger partial charge in [-0.2, -0.15) is 0 Å². The smallest absolute Gasteiger partial charge is 0.220 e. The summed E-state index contributed by atoms with van der Waals surface area (Å²) in [5.74, 6) is 0.184. The molecule has 0 bridgehead atoms. The Morgan fingerprint density at radius 2 is 2.11 bits per heavy atom. The minimum atomic E-state index is 0. The number of carbonyl (C=O) groups excluding carboxylic acids is 1. The average molecular weight is 305 g/mol. The summed E-state index contributed by atoms with van der Waals surface area (Å²) < 4.78 is 0. The van der Waals surface area contributed by atoms with E-state index in [2.05, 4.69) is 35.1 Å². The molecule has 0 aliphatic carbocycles. The van der Waals surface area contributed by atoms with Crippen molar-refractivity contribution in [3.8, 4) is 0 Å². The van der Waals surface area contributed by atoms with Crippen LogP contribution in [-0.4, -0.2) is 25.5 Å². The Hall–Kier alpha value is -0.580. The van der Waals surface area contributed by atoms with Crippen LogP contribution in [0.2, 0.25) is 0 Å². The van der Waals surface area contributed by atoms with Crippen molar-refractivity contribution in [2.45, 2.75) is 39.0 Å². The number of nitrogens with one attached hydrogen (secondary N) is 2. The lowest BCUT2D eigenvalue weighted by atomic mass is 10.1. The standard InChI is InChI=1S/C14H24N2OS.ClH/c1-2-15-10-11-16-14(17)9-5-3-4-7-13-8-6-12-18-13;/h6,8,12,15H,2-5,7,9-11H2,1H3,(H,16,17);1H.